The molecule has 0 spiro atoms. The van der Waals surface area contributed by atoms with Gasteiger partial charge in [0, 0.05) is 31.8 Å². The second-order valence-electron chi connectivity index (χ2n) is 7.05. The van der Waals surface area contributed by atoms with E-state index in [-0.39, 0.29) is 5.91 Å². The van der Waals surface area contributed by atoms with Crippen molar-refractivity contribution >= 4 is 57.0 Å². The van der Waals surface area contributed by atoms with Crippen molar-refractivity contribution in [3.63, 3.8) is 0 Å². The zero-order valence-electron chi connectivity index (χ0n) is 16.9. The summed E-state index contributed by atoms with van der Waals surface area (Å²) >= 11 is 13.7. The molecule has 3 aromatic rings. The van der Waals surface area contributed by atoms with Gasteiger partial charge >= 0.3 is 0 Å². The zero-order valence-corrected chi connectivity index (χ0v) is 19.2. The van der Waals surface area contributed by atoms with Crippen LogP contribution in [0.4, 0.5) is 16.5 Å². The van der Waals surface area contributed by atoms with Crippen molar-refractivity contribution in [2.24, 2.45) is 7.05 Å². The molecule has 1 aliphatic heterocycles. The lowest BCUT2D eigenvalue weighted by Gasteiger charge is -2.28. The number of nitrogens with one attached hydrogen (secondary N) is 1. The third-order valence-corrected chi connectivity index (χ3v) is 6.91. The fourth-order valence-electron chi connectivity index (χ4n) is 3.48. The van der Waals surface area contributed by atoms with Crippen molar-refractivity contribution in [1.82, 2.24) is 9.78 Å². The van der Waals surface area contributed by atoms with Crippen LogP contribution in [-0.4, -0.2) is 42.0 Å². The van der Waals surface area contributed by atoms with Gasteiger partial charge in [-0.25, -0.2) is 4.85 Å². The van der Waals surface area contributed by atoms with E-state index in [4.69, 9.17) is 34.5 Å². The van der Waals surface area contributed by atoms with Crippen LogP contribution in [0.25, 0.3) is 16.0 Å². The van der Waals surface area contributed by atoms with Crippen LogP contribution in [0.3, 0.4) is 0 Å². The maximum Gasteiger partial charge on any atom is 0.266 e. The highest BCUT2D eigenvalue weighted by Crippen LogP contribution is 2.49. The highest BCUT2D eigenvalue weighted by Gasteiger charge is 2.28. The number of morpholine rings is 1. The van der Waals surface area contributed by atoms with Gasteiger partial charge in [0.05, 0.1) is 45.4 Å². The van der Waals surface area contributed by atoms with Crippen LogP contribution in [0.2, 0.25) is 10.0 Å². The molecular formula is C21H19Cl2N5O2S. The van der Waals surface area contributed by atoms with Crippen LogP contribution in [0.1, 0.15) is 15.4 Å². The van der Waals surface area contributed by atoms with Gasteiger partial charge in [0.1, 0.15) is 5.82 Å². The van der Waals surface area contributed by atoms with Crippen molar-refractivity contribution < 1.29 is 9.53 Å². The molecule has 1 N–H and O–H groups in total. The normalized spacial score (nSPS) is 13.8. The molecule has 0 radical (unpaired) electrons. The predicted octanol–water partition coefficient (Wildman–Crippen LogP) is 5.40. The average molecular weight is 476 g/mol. The lowest BCUT2D eigenvalue weighted by Crippen LogP contribution is -2.35. The van der Waals surface area contributed by atoms with Gasteiger partial charge in [0.2, 0.25) is 5.69 Å². The van der Waals surface area contributed by atoms with Crippen LogP contribution in [0.5, 0.6) is 0 Å². The van der Waals surface area contributed by atoms with Gasteiger partial charge in [0.25, 0.3) is 5.91 Å². The summed E-state index contributed by atoms with van der Waals surface area (Å²) in [5.74, 6) is 0.270. The fraction of sp³-hybridized carbons (Fsp3) is 0.286. The van der Waals surface area contributed by atoms with Gasteiger partial charge in [-0.1, -0.05) is 29.3 Å². The van der Waals surface area contributed by atoms with E-state index in [0.717, 1.165) is 10.7 Å². The van der Waals surface area contributed by atoms with Crippen LogP contribution < -0.4 is 10.2 Å². The number of benzene rings is 1. The first kappa shape index (κ1) is 21.7. The minimum atomic E-state index is -0.307. The molecule has 1 aromatic carbocycles. The number of nitrogens with zero attached hydrogens (tertiary/aromatic N) is 4. The molecule has 1 aliphatic rings. The number of aryl methyl sites for hydroxylation is 2. The molecular weight excluding hydrogens is 457 g/mol. The molecule has 31 heavy (non-hydrogen) atoms. The number of hydrogen-bond acceptors (Lipinski definition) is 5. The number of halogens is 2. The Kier molecular flexibility index (Phi) is 6.21. The quantitative estimate of drug-likeness (QED) is 0.512. The van der Waals surface area contributed by atoms with E-state index >= 15 is 0 Å². The number of anilines is 2. The molecule has 1 fully saturated rings. The van der Waals surface area contributed by atoms with Gasteiger partial charge in [-0.2, -0.15) is 5.10 Å². The Hall–Kier alpha value is -2.57. The molecule has 1 saturated heterocycles. The maximum absolute atomic E-state index is 13.3. The third-order valence-electron chi connectivity index (χ3n) is 4.93. The van der Waals surface area contributed by atoms with Crippen LogP contribution in [-0.2, 0) is 11.8 Å². The van der Waals surface area contributed by atoms with E-state index in [0.29, 0.717) is 63.9 Å². The number of carbonyl (C=O) groups excluding carboxylic acids is 1. The zero-order chi connectivity index (χ0) is 22.1. The summed E-state index contributed by atoms with van der Waals surface area (Å²) in [6.07, 6.45) is 0. The van der Waals surface area contributed by atoms with Gasteiger partial charge in [-0.15, -0.1) is 11.3 Å². The van der Waals surface area contributed by atoms with Gasteiger partial charge in [0.15, 0.2) is 0 Å². The highest BCUT2D eigenvalue weighted by atomic mass is 35.5. The number of amides is 1. The first-order chi connectivity index (χ1) is 14.9. The number of carbonyl (C=O) groups is 1. The molecule has 0 bridgehead atoms. The minimum absolute atomic E-state index is 0.307. The number of aromatic nitrogens is 2. The van der Waals surface area contributed by atoms with Crippen molar-refractivity contribution in [3.05, 3.63) is 56.3 Å². The van der Waals surface area contributed by atoms with Crippen molar-refractivity contribution in [2.45, 2.75) is 6.92 Å². The van der Waals surface area contributed by atoms with Crippen molar-refractivity contribution in [2.75, 3.05) is 36.5 Å². The molecule has 1 amide bonds. The van der Waals surface area contributed by atoms with E-state index in [2.05, 4.69) is 20.2 Å². The van der Waals surface area contributed by atoms with Gasteiger partial charge in [-0.05, 0) is 24.6 Å². The molecule has 10 heteroatoms. The summed E-state index contributed by atoms with van der Waals surface area (Å²) in [5, 5.41) is 8.72. The summed E-state index contributed by atoms with van der Waals surface area (Å²) in [5.41, 5.74) is 2.44. The highest BCUT2D eigenvalue weighted by molar-refractivity contribution is 7.19. The summed E-state index contributed by atoms with van der Waals surface area (Å²) in [6.45, 7) is 12.2. The Labute approximate surface area is 194 Å². The molecule has 0 atom stereocenters. The Morgan fingerprint density at radius 3 is 2.61 bits per heavy atom. The third kappa shape index (κ3) is 4.27. The van der Waals surface area contributed by atoms with E-state index in [1.165, 1.54) is 11.3 Å². The van der Waals surface area contributed by atoms with E-state index in [1.54, 1.807) is 36.0 Å². The monoisotopic (exact) mass is 475 g/mol. The van der Waals surface area contributed by atoms with Crippen LogP contribution >= 0.6 is 34.5 Å². The molecule has 0 unspecified atom stereocenters. The summed E-state index contributed by atoms with van der Waals surface area (Å²) in [7, 11) is 1.76. The Morgan fingerprint density at radius 1 is 1.26 bits per heavy atom. The largest absolute Gasteiger partial charge is 0.378 e. The first-order valence-electron chi connectivity index (χ1n) is 9.53. The standard InChI is InChI=1S/C21H19Cl2N5O2S/c1-12-10-16(27(3)26-12)25-20(29)19-17(13-4-5-14(22)15(23)11-13)18(24-2)21(31-19)28-6-8-30-9-7-28/h4-5,10-11H,6-9H2,1,3H3,(H,25,29). The minimum Gasteiger partial charge on any atom is -0.378 e. The Morgan fingerprint density at radius 2 is 2.00 bits per heavy atom. The van der Waals surface area contributed by atoms with Crippen LogP contribution in [0, 0.1) is 13.5 Å². The molecule has 0 aliphatic carbocycles. The summed E-state index contributed by atoms with van der Waals surface area (Å²) in [6, 6.07) is 6.93. The smallest absolute Gasteiger partial charge is 0.266 e. The molecule has 2 aromatic heterocycles. The number of thiophene rings is 1. The second kappa shape index (κ2) is 8.89. The maximum atomic E-state index is 13.3. The lowest BCUT2D eigenvalue weighted by atomic mass is 10.0. The SMILES string of the molecule is [C-]#[N+]c1c(N2CCOCC2)sc(C(=O)Nc2cc(C)nn2C)c1-c1ccc(Cl)c(Cl)c1. The van der Waals surface area contributed by atoms with Crippen LogP contribution in [0.15, 0.2) is 24.3 Å². The Balaban J connectivity index is 1.84. The number of rotatable bonds is 4. The molecule has 0 saturated carbocycles. The summed E-state index contributed by atoms with van der Waals surface area (Å²) in [4.78, 5) is 19.7. The van der Waals surface area contributed by atoms with Crippen molar-refractivity contribution in [3.8, 4) is 11.1 Å². The fourth-order valence-corrected chi connectivity index (χ4v) is 4.98. The molecule has 7 nitrogen and oxygen atoms in total. The predicted molar refractivity (Wildman–Crippen MR) is 125 cm³/mol. The van der Waals surface area contributed by atoms with E-state index < -0.39 is 0 Å². The molecule has 160 valence electrons. The van der Waals surface area contributed by atoms with E-state index in [1.807, 2.05) is 6.92 Å². The summed E-state index contributed by atoms with van der Waals surface area (Å²) < 4.78 is 7.06. The first-order valence-corrected chi connectivity index (χ1v) is 11.1. The molecule has 4 rings (SSSR count). The lowest BCUT2D eigenvalue weighted by molar-refractivity contribution is 0.103. The second-order valence-corrected chi connectivity index (χ2v) is 8.86. The Bertz CT molecular complexity index is 1190. The number of ether oxygens (including phenoxy) is 1. The number of hydrogen-bond donors (Lipinski definition) is 1. The topological polar surface area (TPSA) is 63.8 Å². The van der Waals surface area contributed by atoms with E-state index in [9.17, 15) is 4.79 Å². The van der Waals surface area contributed by atoms with Gasteiger partial charge < -0.3 is 15.0 Å². The van der Waals surface area contributed by atoms with Crippen molar-refractivity contribution in [1.29, 1.82) is 0 Å². The average Bonchev–Trinajstić information content (AvgIpc) is 3.30. The molecule has 3 heterocycles. The van der Waals surface area contributed by atoms with Gasteiger partial charge in [-0.3, -0.25) is 9.48 Å².